The van der Waals surface area contributed by atoms with E-state index in [1.807, 2.05) is 42.5 Å². The summed E-state index contributed by atoms with van der Waals surface area (Å²) in [6.07, 6.45) is -0.576. The Balaban J connectivity index is 1.81. The van der Waals surface area contributed by atoms with Gasteiger partial charge in [0.15, 0.2) is 0 Å². The summed E-state index contributed by atoms with van der Waals surface area (Å²) in [6, 6.07) is 18.6. The zero-order valence-corrected chi connectivity index (χ0v) is 13.1. The Morgan fingerprint density at radius 2 is 1.72 bits per heavy atom. The number of benzene rings is 3. The number of aryl methyl sites for hydroxylation is 1. The van der Waals surface area contributed by atoms with Gasteiger partial charge in [-0.1, -0.05) is 36.4 Å². The van der Waals surface area contributed by atoms with Crippen molar-refractivity contribution in [2.75, 3.05) is 0 Å². The quantitative estimate of drug-likeness (QED) is 0.354. The summed E-state index contributed by atoms with van der Waals surface area (Å²) in [5, 5.41) is 3.82. The van der Waals surface area contributed by atoms with Crippen LogP contribution in [0.2, 0.25) is 0 Å². The summed E-state index contributed by atoms with van der Waals surface area (Å²) in [6.45, 7) is -5.48. The van der Waals surface area contributed by atoms with E-state index in [9.17, 15) is 0 Å². The van der Waals surface area contributed by atoms with Crippen LogP contribution in [0.3, 0.4) is 0 Å². The smallest absolute Gasteiger partial charge is 0.144 e. The predicted molar refractivity (Wildman–Crippen MR) is 104 cm³/mol. The van der Waals surface area contributed by atoms with Crippen LogP contribution in [-0.4, -0.2) is 4.98 Å². The van der Waals surface area contributed by atoms with Crippen LogP contribution in [0.15, 0.2) is 71.3 Å². The van der Waals surface area contributed by atoms with Crippen LogP contribution in [0.5, 0.6) is 0 Å². The molecule has 0 saturated heterocycles. The molecular formula is C23H17NO. The first-order chi connectivity index (χ1) is 15.0. The summed E-state index contributed by atoms with van der Waals surface area (Å²) in [4.78, 5) is 4.16. The second-order valence-electron chi connectivity index (χ2n) is 6.02. The van der Waals surface area contributed by atoms with Crippen molar-refractivity contribution in [3.05, 3.63) is 78.0 Å². The van der Waals surface area contributed by atoms with E-state index in [-0.39, 0.29) is 5.69 Å². The van der Waals surface area contributed by atoms with Gasteiger partial charge in [0.1, 0.15) is 11.2 Å². The number of hydrogen-bond donors (Lipinski definition) is 0. The standard InChI is InChI=1S/C23H17NO/c1-14-10-21(24-13-15(14)2)19-9-5-8-18-20-11-16-6-3-4-7-17(16)12-22(20)25-23(18)19/h3-13H,1-2H3/i1D3,2D3,13D. The largest absolute Gasteiger partial charge is 0.455 e. The molecule has 5 rings (SSSR count). The van der Waals surface area contributed by atoms with Crippen LogP contribution in [0.25, 0.3) is 44.0 Å². The predicted octanol–water partition coefficient (Wildman–Crippen LogP) is 6.42. The van der Waals surface area contributed by atoms with Crippen molar-refractivity contribution >= 4 is 32.7 Å². The molecule has 120 valence electrons. The van der Waals surface area contributed by atoms with E-state index in [1.54, 1.807) is 12.1 Å². The van der Waals surface area contributed by atoms with Crippen molar-refractivity contribution < 1.29 is 14.0 Å². The maximum atomic E-state index is 8.20. The Morgan fingerprint density at radius 3 is 2.56 bits per heavy atom. The average Bonchev–Trinajstić information content (AvgIpc) is 3.07. The number of fused-ring (bicyclic) bond motifs is 4. The fraction of sp³-hybridized carbons (Fsp3) is 0.0870. The summed E-state index contributed by atoms with van der Waals surface area (Å²) >= 11 is 0. The van der Waals surface area contributed by atoms with E-state index >= 15 is 0 Å². The number of nitrogens with zero attached hydrogens (tertiary/aromatic N) is 1. The monoisotopic (exact) mass is 330 g/mol. The van der Waals surface area contributed by atoms with Crippen LogP contribution in [0.4, 0.5) is 0 Å². The van der Waals surface area contributed by atoms with Crippen molar-refractivity contribution in [2.45, 2.75) is 13.7 Å². The zero-order valence-electron chi connectivity index (χ0n) is 20.1. The second kappa shape index (κ2) is 5.18. The highest BCUT2D eigenvalue weighted by molar-refractivity contribution is 6.13. The number of pyridine rings is 1. The minimum absolute atomic E-state index is 0.184. The van der Waals surface area contributed by atoms with Gasteiger partial charge in [0, 0.05) is 30.7 Å². The van der Waals surface area contributed by atoms with Gasteiger partial charge in [0.25, 0.3) is 0 Å². The van der Waals surface area contributed by atoms with Gasteiger partial charge in [-0.05, 0) is 59.9 Å². The van der Waals surface area contributed by atoms with E-state index in [0.717, 1.165) is 21.5 Å². The molecule has 0 aliphatic heterocycles. The van der Waals surface area contributed by atoms with Gasteiger partial charge in [-0.15, -0.1) is 0 Å². The van der Waals surface area contributed by atoms with Crippen molar-refractivity contribution in [3.8, 4) is 11.3 Å². The third kappa shape index (κ3) is 2.14. The summed E-state index contributed by atoms with van der Waals surface area (Å²) in [5.74, 6) is 0. The third-order valence-corrected chi connectivity index (χ3v) is 4.48. The molecule has 0 fully saturated rings. The average molecular weight is 330 g/mol. The molecule has 0 atom stereocenters. The molecule has 0 amide bonds. The van der Waals surface area contributed by atoms with Crippen molar-refractivity contribution in [2.24, 2.45) is 0 Å². The zero-order chi connectivity index (χ0) is 22.8. The highest BCUT2D eigenvalue weighted by Gasteiger charge is 2.14. The minimum Gasteiger partial charge on any atom is -0.455 e. The van der Waals surface area contributed by atoms with Gasteiger partial charge in [-0.25, -0.2) is 0 Å². The van der Waals surface area contributed by atoms with Gasteiger partial charge in [0.2, 0.25) is 0 Å². The van der Waals surface area contributed by atoms with Gasteiger partial charge < -0.3 is 4.42 Å². The molecule has 0 saturated carbocycles. The number of aromatic nitrogens is 1. The molecule has 0 aliphatic carbocycles. The van der Waals surface area contributed by atoms with Crippen LogP contribution < -0.4 is 0 Å². The van der Waals surface area contributed by atoms with Crippen LogP contribution in [0.1, 0.15) is 20.7 Å². The Bertz CT molecular complexity index is 1510. The topological polar surface area (TPSA) is 26.0 Å². The molecule has 0 radical (unpaired) electrons. The van der Waals surface area contributed by atoms with Crippen LogP contribution in [0, 0.1) is 13.7 Å². The molecule has 2 nitrogen and oxygen atoms in total. The fourth-order valence-electron chi connectivity index (χ4n) is 3.24. The fourth-order valence-corrected chi connectivity index (χ4v) is 3.24. The summed E-state index contributed by atoms with van der Waals surface area (Å²) in [7, 11) is 0. The SMILES string of the molecule is [2H]c1nc(-c2cccc3c2oc2cc4ccccc4cc23)cc(C([2H])([2H])[2H])c1C([2H])([2H])[2H]. The van der Waals surface area contributed by atoms with Crippen LogP contribution >= 0.6 is 0 Å². The van der Waals surface area contributed by atoms with E-state index in [4.69, 9.17) is 14.0 Å². The number of para-hydroxylation sites is 1. The molecule has 3 aromatic carbocycles. The first-order valence-corrected chi connectivity index (χ1v) is 7.91. The minimum atomic E-state index is -2.77. The first-order valence-electron chi connectivity index (χ1n) is 11.4. The molecule has 5 aromatic rings. The van der Waals surface area contributed by atoms with E-state index in [2.05, 4.69) is 4.98 Å². The van der Waals surface area contributed by atoms with Crippen molar-refractivity contribution in [3.63, 3.8) is 0 Å². The molecule has 0 N–H and O–H groups in total. The number of furan rings is 1. The maximum absolute atomic E-state index is 8.20. The second-order valence-corrected chi connectivity index (χ2v) is 6.02. The van der Waals surface area contributed by atoms with Gasteiger partial charge in [-0.2, -0.15) is 0 Å². The lowest BCUT2D eigenvalue weighted by molar-refractivity contribution is 0.670. The first kappa shape index (κ1) is 8.82. The molecule has 2 heterocycles. The van der Waals surface area contributed by atoms with E-state index < -0.39 is 31.0 Å². The molecule has 2 aromatic heterocycles. The molecule has 0 aliphatic rings. The molecule has 0 bridgehead atoms. The Morgan fingerprint density at radius 1 is 0.880 bits per heavy atom. The summed E-state index contributed by atoms with van der Waals surface area (Å²) < 4.78 is 60.9. The van der Waals surface area contributed by atoms with E-state index in [1.165, 1.54) is 6.07 Å². The Kier molecular flexibility index (Phi) is 1.83. The van der Waals surface area contributed by atoms with Gasteiger partial charge >= 0.3 is 0 Å². The highest BCUT2D eigenvalue weighted by Crippen LogP contribution is 2.37. The van der Waals surface area contributed by atoms with Gasteiger partial charge in [0.05, 0.1) is 7.06 Å². The lowest BCUT2D eigenvalue weighted by Crippen LogP contribution is -1.88. The molecule has 2 heteroatoms. The van der Waals surface area contributed by atoms with E-state index in [0.29, 0.717) is 16.7 Å². The van der Waals surface area contributed by atoms with Crippen molar-refractivity contribution in [1.29, 1.82) is 0 Å². The summed E-state index contributed by atoms with van der Waals surface area (Å²) in [5.41, 5.74) is 0.910. The van der Waals surface area contributed by atoms with Gasteiger partial charge in [-0.3, -0.25) is 4.98 Å². The lowest BCUT2D eigenvalue weighted by atomic mass is 10.0. The van der Waals surface area contributed by atoms with Crippen molar-refractivity contribution in [1.82, 2.24) is 4.98 Å². The molecular weight excluding hydrogens is 306 g/mol. The Labute approximate surface area is 155 Å². The van der Waals surface area contributed by atoms with Crippen LogP contribution in [-0.2, 0) is 0 Å². The molecule has 0 spiro atoms. The Hall–Kier alpha value is -3.13. The molecule has 0 unspecified atom stereocenters. The number of rotatable bonds is 1. The number of hydrogen-bond acceptors (Lipinski definition) is 2. The third-order valence-electron chi connectivity index (χ3n) is 4.48. The normalized spacial score (nSPS) is 16.7. The highest BCUT2D eigenvalue weighted by atomic mass is 16.3. The lowest BCUT2D eigenvalue weighted by Gasteiger charge is -2.05. The molecule has 25 heavy (non-hydrogen) atoms. The maximum Gasteiger partial charge on any atom is 0.144 e.